The molecule has 15 heavy (non-hydrogen) atoms. The Labute approximate surface area is 102 Å². The Morgan fingerprint density at radius 2 is 2.20 bits per heavy atom. The van der Waals surface area contributed by atoms with Crippen molar-refractivity contribution in [2.24, 2.45) is 0 Å². The molecule has 3 heteroatoms. The number of rotatable bonds is 2. The van der Waals surface area contributed by atoms with Gasteiger partial charge in [0.25, 0.3) is 0 Å². The maximum atomic E-state index is 4.59. The SMILES string of the molecule is CCc1sc(C)nc1-c1cccc(Br)c1. The van der Waals surface area contributed by atoms with E-state index in [4.69, 9.17) is 0 Å². The minimum absolute atomic E-state index is 1.05. The first-order valence-corrected chi connectivity index (χ1v) is 6.54. The Balaban J connectivity index is 2.53. The lowest BCUT2D eigenvalue weighted by molar-refractivity contribution is 1.16. The molecule has 0 aliphatic rings. The third-order valence-corrected chi connectivity index (χ3v) is 3.83. The van der Waals surface area contributed by atoms with E-state index in [0.717, 1.165) is 21.6 Å². The molecule has 1 heterocycles. The Morgan fingerprint density at radius 1 is 1.40 bits per heavy atom. The molecule has 0 saturated carbocycles. The summed E-state index contributed by atoms with van der Waals surface area (Å²) in [5.74, 6) is 0. The van der Waals surface area contributed by atoms with Gasteiger partial charge in [0, 0.05) is 14.9 Å². The van der Waals surface area contributed by atoms with Crippen molar-refractivity contribution in [3.05, 3.63) is 38.6 Å². The Bertz CT molecular complexity index is 476. The zero-order valence-corrected chi connectivity index (χ0v) is 11.2. The second kappa shape index (κ2) is 4.45. The number of halogens is 1. The normalized spacial score (nSPS) is 10.6. The van der Waals surface area contributed by atoms with Crippen LogP contribution in [0.1, 0.15) is 16.8 Å². The highest BCUT2D eigenvalue weighted by Gasteiger charge is 2.09. The number of benzene rings is 1. The summed E-state index contributed by atoms with van der Waals surface area (Å²) in [5, 5.41) is 1.14. The van der Waals surface area contributed by atoms with E-state index in [9.17, 15) is 0 Å². The van der Waals surface area contributed by atoms with Crippen LogP contribution >= 0.6 is 27.3 Å². The van der Waals surface area contributed by atoms with E-state index in [1.807, 2.05) is 12.1 Å². The second-order valence-corrected chi connectivity index (χ2v) is 5.57. The van der Waals surface area contributed by atoms with Crippen LogP contribution in [0.2, 0.25) is 0 Å². The van der Waals surface area contributed by atoms with Gasteiger partial charge in [-0.15, -0.1) is 11.3 Å². The van der Waals surface area contributed by atoms with E-state index in [2.05, 4.69) is 46.9 Å². The van der Waals surface area contributed by atoms with Gasteiger partial charge in [0.1, 0.15) is 0 Å². The number of hydrogen-bond donors (Lipinski definition) is 0. The molecule has 2 rings (SSSR count). The van der Waals surface area contributed by atoms with Crippen molar-refractivity contribution in [2.75, 3.05) is 0 Å². The maximum absolute atomic E-state index is 4.59. The molecule has 0 spiro atoms. The van der Waals surface area contributed by atoms with Crippen molar-refractivity contribution >= 4 is 27.3 Å². The highest BCUT2D eigenvalue weighted by Crippen LogP contribution is 2.29. The first-order chi connectivity index (χ1) is 7.20. The standard InChI is InChI=1S/C12H12BrNS/c1-3-11-12(14-8(2)15-11)9-5-4-6-10(13)7-9/h4-7H,3H2,1-2H3. The average Bonchev–Trinajstić information content (AvgIpc) is 2.59. The second-order valence-electron chi connectivity index (χ2n) is 3.37. The fourth-order valence-corrected chi connectivity index (χ4v) is 2.87. The fourth-order valence-electron chi connectivity index (χ4n) is 1.57. The predicted molar refractivity (Wildman–Crippen MR) is 69.4 cm³/mol. The van der Waals surface area contributed by atoms with Crippen LogP contribution in [-0.4, -0.2) is 4.98 Å². The smallest absolute Gasteiger partial charge is 0.0904 e. The van der Waals surface area contributed by atoms with Crippen LogP contribution in [0.3, 0.4) is 0 Å². The molecule has 78 valence electrons. The molecular formula is C12H12BrNS. The third-order valence-electron chi connectivity index (χ3n) is 2.22. The minimum Gasteiger partial charge on any atom is -0.241 e. The van der Waals surface area contributed by atoms with Gasteiger partial charge in [-0.2, -0.15) is 0 Å². The van der Waals surface area contributed by atoms with E-state index in [-0.39, 0.29) is 0 Å². The number of nitrogens with zero attached hydrogens (tertiary/aromatic N) is 1. The number of thiazole rings is 1. The van der Waals surface area contributed by atoms with Crippen LogP contribution in [0.15, 0.2) is 28.7 Å². The summed E-state index contributed by atoms with van der Waals surface area (Å²) >= 11 is 5.28. The quantitative estimate of drug-likeness (QED) is 0.793. The summed E-state index contributed by atoms with van der Waals surface area (Å²) in [6, 6.07) is 8.31. The summed E-state index contributed by atoms with van der Waals surface area (Å²) in [6.45, 7) is 4.24. The van der Waals surface area contributed by atoms with Crippen molar-refractivity contribution in [1.29, 1.82) is 0 Å². The summed E-state index contributed by atoms with van der Waals surface area (Å²) in [5.41, 5.74) is 2.34. The molecule has 2 aromatic rings. The van der Waals surface area contributed by atoms with Crippen molar-refractivity contribution in [3.63, 3.8) is 0 Å². The van der Waals surface area contributed by atoms with Crippen LogP contribution < -0.4 is 0 Å². The summed E-state index contributed by atoms with van der Waals surface area (Å²) in [7, 11) is 0. The molecule has 0 saturated heterocycles. The Kier molecular flexibility index (Phi) is 3.22. The van der Waals surface area contributed by atoms with Crippen molar-refractivity contribution in [1.82, 2.24) is 4.98 Å². The molecule has 0 aliphatic heterocycles. The molecule has 0 atom stereocenters. The van der Waals surface area contributed by atoms with Gasteiger partial charge in [-0.25, -0.2) is 4.98 Å². The van der Waals surface area contributed by atoms with Crippen LogP contribution in [0.4, 0.5) is 0 Å². The number of aryl methyl sites for hydroxylation is 2. The number of aromatic nitrogens is 1. The van der Waals surface area contributed by atoms with E-state index in [1.165, 1.54) is 10.4 Å². The maximum Gasteiger partial charge on any atom is 0.0904 e. The fraction of sp³-hybridized carbons (Fsp3) is 0.250. The lowest BCUT2D eigenvalue weighted by Crippen LogP contribution is -1.83. The molecule has 1 aromatic carbocycles. The molecule has 1 aromatic heterocycles. The molecule has 0 radical (unpaired) electrons. The lowest BCUT2D eigenvalue weighted by atomic mass is 10.1. The van der Waals surface area contributed by atoms with Gasteiger partial charge in [0.15, 0.2) is 0 Å². The molecule has 0 bridgehead atoms. The first-order valence-electron chi connectivity index (χ1n) is 4.93. The molecule has 0 N–H and O–H groups in total. The van der Waals surface area contributed by atoms with Crippen LogP contribution in [-0.2, 0) is 6.42 Å². The molecule has 0 unspecified atom stereocenters. The molecular weight excluding hydrogens is 270 g/mol. The molecule has 1 nitrogen and oxygen atoms in total. The monoisotopic (exact) mass is 281 g/mol. The van der Waals surface area contributed by atoms with Crippen LogP contribution in [0.25, 0.3) is 11.3 Å². The van der Waals surface area contributed by atoms with Crippen LogP contribution in [0.5, 0.6) is 0 Å². The highest BCUT2D eigenvalue weighted by atomic mass is 79.9. The third kappa shape index (κ3) is 2.29. The van der Waals surface area contributed by atoms with Gasteiger partial charge in [-0.3, -0.25) is 0 Å². The zero-order valence-electron chi connectivity index (χ0n) is 8.75. The number of hydrogen-bond acceptors (Lipinski definition) is 2. The van der Waals surface area contributed by atoms with Gasteiger partial charge in [-0.05, 0) is 25.5 Å². The average molecular weight is 282 g/mol. The topological polar surface area (TPSA) is 12.9 Å². The first kappa shape index (κ1) is 10.8. The van der Waals surface area contributed by atoms with Gasteiger partial charge in [0.2, 0.25) is 0 Å². The van der Waals surface area contributed by atoms with Gasteiger partial charge in [0.05, 0.1) is 10.7 Å². The van der Waals surface area contributed by atoms with Crippen molar-refractivity contribution in [2.45, 2.75) is 20.3 Å². The zero-order chi connectivity index (χ0) is 10.8. The Hall–Kier alpha value is -0.670. The van der Waals surface area contributed by atoms with Crippen molar-refractivity contribution < 1.29 is 0 Å². The molecule has 0 amide bonds. The van der Waals surface area contributed by atoms with Gasteiger partial charge in [-0.1, -0.05) is 35.0 Å². The highest BCUT2D eigenvalue weighted by molar-refractivity contribution is 9.10. The van der Waals surface area contributed by atoms with E-state index in [0.29, 0.717) is 0 Å². The Morgan fingerprint density at radius 3 is 2.87 bits per heavy atom. The lowest BCUT2D eigenvalue weighted by Gasteiger charge is -2.00. The summed E-state index contributed by atoms with van der Waals surface area (Å²) in [6.07, 6.45) is 1.05. The van der Waals surface area contributed by atoms with E-state index in [1.54, 1.807) is 11.3 Å². The van der Waals surface area contributed by atoms with E-state index >= 15 is 0 Å². The van der Waals surface area contributed by atoms with Crippen molar-refractivity contribution in [3.8, 4) is 11.3 Å². The van der Waals surface area contributed by atoms with Gasteiger partial charge < -0.3 is 0 Å². The van der Waals surface area contributed by atoms with E-state index < -0.39 is 0 Å². The predicted octanol–water partition coefficient (Wildman–Crippen LogP) is 4.44. The molecule has 0 aliphatic carbocycles. The minimum atomic E-state index is 1.05. The summed E-state index contributed by atoms with van der Waals surface area (Å²) < 4.78 is 1.10. The molecule has 0 fully saturated rings. The largest absolute Gasteiger partial charge is 0.241 e. The van der Waals surface area contributed by atoms with Gasteiger partial charge >= 0.3 is 0 Å². The van der Waals surface area contributed by atoms with Crippen LogP contribution in [0, 0.1) is 6.92 Å². The summed E-state index contributed by atoms with van der Waals surface area (Å²) in [4.78, 5) is 5.96.